The van der Waals surface area contributed by atoms with E-state index < -0.39 is 0 Å². The first-order valence-electron chi connectivity index (χ1n) is 5.78. The number of methoxy groups -OCH3 is 1. The Kier molecular flexibility index (Phi) is 3.61. The Hall–Kier alpha value is -0.160. The maximum absolute atomic E-state index is 8.90. The number of aliphatic hydroxyl groups is 1. The zero-order valence-corrected chi connectivity index (χ0v) is 9.45. The van der Waals surface area contributed by atoms with E-state index in [9.17, 15) is 0 Å². The summed E-state index contributed by atoms with van der Waals surface area (Å²) in [6.07, 6.45) is 3.45. The average Bonchev–Trinajstić information content (AvgIpc) is 2.62. The molecule has 0 bridgehead atoms. The predicted octanol–water partition coefficient (Wildman–Crippen LogP) is 0.249. The summed E-state index contributed by atoms with van der Waals surface area (Å²) in [5.74, 6) is 0. The molecule has 0 saturated carbocycles. The third kappa shape index (κ3) is 2.50. The van der Waals surface area contributed by atoms with Crippen molar-refractivity contribution >= 4 is 0 Å². The molecule has 4 heteroatoms. The van der Waals surface area contributed by atoms with Crippen LogP contribution in [0, 0.1) is 0 Å². The van der Waals surface area contributed by atoms with Crippen molar-refractivity contribution in [3.8, 4) is 0 Å². The minimum Gasteiger partial charge on any atom is -0.395 e. The molecule has 2 aliphatic heterocycles. The molecule has 4 nitrogen and oxygen atoms in total. The molecule has 15 heavy (non-hydrogen) atoms. The maximum Gasteiger partial charge on any atom is 0.0845 e. The fourth-order valence-electron chi connectivity index (χ4n) is 2.73. The van der Waals surface area contributed by atoms with Crippen LogP contribution in [0.3, 0.4) is 0 Å². The van der Waals surface area contributed by atoms with E-state index in [0.717, 1.165) is 45.5 Å². The third-order valence-electron chi connectivity index (χ3n) is 3.59. The molecule has 0 aromatic carbocycles. The molecule has 0 aromatic rings. The quantitative estimate of drug-likeness (QED) is 0.732. The van der Waals surface area contributed by atoms with E-state index in [1.54, 1.807) is 7.11 Å². The monoisotopic (exact) mass is 215 g/mol. The van der Waals surface area contributed by atoms with Gasteiger partial charge in [-0.1, -0.05) is 0 Å². The summed E-state index contributed by atoms with van der Waals surface area (Å²) in [6.45, 7) is 3.81. The number of hydrogen-bond donors (Lipinski definition) is 1. The van der Waals surface area contributed by atoms with Gasteiger partial charge in [-0.2, -0.15) is 0 Å². The smallest absolute Gasteiger partial charge is 0.0845 e. The van der Waals surface area contributed by atoms with Gasteiger partial charge in [0.05, 0.1) is 18.3 Å². The van der Waals surface area contributed by atoms with Crippen molar-refractivity contribution in [1.82, 2.24) is 4.90 Å². The molecule has 2 atom stereocenters. The van der Waals surface area contributed by atoms with Gasteiger partial charge >= 0.3 is 0 Å². The lowest BCUT2D eigenvalue weighted by Crippen LogP contribution is -2.44. The number of aliphatic hydroxyl groups excluding tert-OH is 1. The van der Waals surface area contributed by atoms with Crippen molar-refractivity contribution in [2.75, 3.05) is 40.0 Å². The van der Waals surface area contributed by atoms with Gasteiger partial charge in [0.2, 0.25) is 0 Å². The van der Waals surface area contributed by atoms with Crippen LogP contribution in [0.15, 0.2) is 0 Å². The summed E-state index contributed by atoms with van der Waals surface area (Å²) >= 11 is 0. The number of nitrogens with zero attached hydrogens (tertiary/aromatic N) is 1. The number of rotatable bonds is 3. The third-order valence-corrected chi connectivity index (χ3v) is 3.59. The summed E-state index contributed by atoms with van der Waals surface area (Å²) in [5.41, 5.74) is 0.00803. The second-order valence-corrected chi connectivity index (χ2v) is 4.63. The van der Waals surface area contributed by atoms with E-state index in [-0.39, 0.29) is 12.2 Å². The molecule has 0 aliphatic carbocycles. The number of β-amino-alcohol motifs (C(OH)–C–C–N with tert-alkyl or cyclic N) is 1. The van der Waals surface area contributed by atoms with E-state index >= 15 is 0 Å². The molecule has 0 amide bonds. The molecule has 0 radical (unpaired) electrons. The SMILES string of the molecule is CO[C@H]1CCO[C@]2(CCN(CCO)C2)C1. The Morgan fingerprint density at radius 3 is 3.20 bits per heavy atom. The average molecular weight is 215 g/mol. The Morgan fingerprint density at radius 2 is 2.47 bits per heavy atom. The summed E-state index contributed by atoms with van der Waals surface area (Å²) in [7, 11) is 1.78. The minimum atomic E-state index is 0.00803. The van der Waals surface area contributed by atoms with E-state index in [4.69, 9.17) is 14.6 Å². The van der Waals surface area contributed by atoms with E-state index in [0.29, 0.717) is 6.10 Å². The molecular formula is C11H21NO3. The van der Waals surface area contributed by atoms with Crippen LogP contribution in [0.5, 0.6) is 0 Å². The second-order valence-electron chi connectivity index (χ2n) is 4.63. The lowest BCUT2D eigenvalue weighted by Gasteiger charge is -2.37. The fraction of sp³-hybridized carbons (Fsp3) is 1.00. The molecule has 2 aliphatic rings. The van der Waals surface area contributed by atoms with Crippen LogP contribution in [0.1, 0.15) is 19.3 Å². The van der Waals surface area contributed by atoms with Crippen molar-refractivity contribution in [1.29, 1.82) is 0 Å². The Morgan fingerprint density at radius 1 is 1.60 bits per heavy atom. The standard InChI is InChI=1S/C11H21NO3/c1-14-10-2-7-15-11(8-10)3-4-12(9-11)5-6-13/h10,13H,2-9H2,1H3/t10-,11+/m0/s1. The van der Waals surface area contributed by atoms with Crippen molar-refractivity contribution in [3.63, 3.8) is 0 Å². The van der Waals surface area contributed by atoms with Gasteiger partial charge in [0, 0.05) is 39.8 Å². The normalized spacial score (nSPS) is 37.6. The zero-order valence-electron chi connectivity index (χ0n) is 9.45. The molecule has 0 unspecified atom stereocenters. The van der Waals surface area contributed by atoms with Gasteiger partial charge in [0.1, 0.15) is 0 Å². The van der Waals surface area contributed by atoms with Crippen molar-refractivity contribution in [2.45, 2.75) is 31.0 Å². The molecule has 0 aromatic heterocycles. The molecule has 2 saturated heterocycles. The number of likely N-dealkylation sites (tertiary alicyclic amines) is 1. The second kappa shape index (κ2) is 4.78. The maximum atomic E-state index is 8.90. The topological polar surface area (TPSA) is 41.9 Å². The van der Waals surface area contributed by atoms with Crippen molar-refractivity contribution in [3.05, 3.63) is 0 Å². The van der Waals surface area contributed by atoms with Crippen molar-refractivity contribution in [2.24, 2.45) is 0 Å². The van der Waals surface area contributed by atoms with E-state index in [1.807, 2.05) is 0 Å². The highest BCUT2D eigenvalue weighted by atomic mass is 16.5. The molecule has 2 heterocycles. The molecule has 88 valence electrons. The van der Waals surface area contributed by atoms with Gasteiger partial charge in [0.25, 0.3) is 0 Å². The van der Waals surface area contributed by atoms with Crippen LogP contribution in [-0.2, 0) is 9.47 Å². The highest BCUT2D eigenvalue weighted by Crippen LogP contribution is 2.34. The van der Waals surface area contributed by atoms with Gasteiger partial charge in [-0.05, 0) is 12.8 Å². The first-order valence-corrected chi connectivity index (χ1v) is 5.78. The van der Waals surface area contributed by atoms with Crippen LogP contribution in [0.25, 0.3) is 0 Å². The lowest BCUT2D eigenvalue weighted by molar-refractivity contribution is -0.119. The predicted molar refractivity (Wildman–Crippen MR) is 56.9 cm³/mol. The first-order chi connectivity index (χ1) is 7.28. The van der Waals surface area contributed by atoms with Gasteiger partial charge in [-0.15, -0.1) is 0 Å². The van der Waals surface area contributed by atoms with Crippen LogP contribution < -0.4 is 0 Å². The minimum absolute atomic E-state index is 0.00803. The summed E-state index contributed by atoms with van der Waals surface area (Å²) in [6, 6.07) is 0. The molecule has 1 spiro atoms. The fourth-order valence-corrected chi connectivity index (χ4v) is 2.73. The zero-order chi connectivity index (χ0) is 10.7. The van der Waals surface area contributed by atoms with Crippen molar-refractivity contribution < 1.29 is 14.6 Å². The van der Waals surface area contributed by atoms with E-state index in [2.05, 4.69) is 4.90 Å². The number of hydrogen-bond acceptors (Lipinski definition) is 4. The summed E-state index contributed by atoms with van der Waals surface area (Å²) < 4.78 is 11.4. The highest BCUT2D eigenvalue weighted by Gasteiger charge is 2.42. The van der Waals surface area contributed by atoms with Crippen LogP contribution in [0.2, 0.25) is 0 Å². The van der Waals surface area contributed by atoms with E-state index in [1.165, 1.54) is 0 Å². The van der Waals surface area contributed by atoms with Gasteiger partial charge in [-0.3, -0.25) is 4.90 Å². The molecule has 2 fully saturated rings. The number of ether oxygens (including phenoxy) is 2. The molecule has 2 rings (SSSR count). The lowest BCUT2D eigenvalue weighted by atomic mass is 9.91. The van der Waals surface area contributed by atoms with Gasteiger partial charge in [-0.25, -0.2) is 0 Å². The largest absolute Gasteiger partial charge is 0.395 e. The van der Waals surface area contributed by atoms with Gasteiger partial charge in [0.15, 0.2) is 0 Å². The Bertz CT molecular complexity index is 212. The first kappa shape index (κ1) is 11.3. The summed E-state index contributed by atoms with van der Waals surface area (Å²) in [4.78, 5) is 2.28. The van der Waals surface area contributed by atoms with Crippen LogP contribution >= 0.6 is 0 Å². The van der Waals surface area contributed by atoms with Gasteiger partial charge < -0.3 is 14.6 Å². The highest BCUT2D eigenvalue weighted by molar-refractivity contribution is 4.95. The van der Waals surface area contributed by atoms with Crippen LogP contribution in [-0.4, -0.2) is 61.7 Å². The molecule has 1 N–H and O–H groups in total. The molecular weight excluding hydrogens is 194 g/mol. The Labute approximate surface area is 91.2 Å². The van der Waals surface area contributed by atoms with Crippen LogP contribution in [0.4, 0.5) is 0 Å². The Balaban J connectivity index is 1.90. The summed E-state index contributed by atoms with van der Waals surface area (Å²) in [5, 5.41) is 8.90.